The molecular formula is C20H36IN5O2. The Bertz CT molecular complexity index is 579. The number of aliphatic imine (C=N–C) groups is 1. The monoisotopic (exact) mass is 505 g/mol. The molecule has 1 saturated heterocycles. The fraction of sp³-hybridized carbons (Fsp3) is 0.700. The molecule has 160 valence electrons. The quantitative estimate of drug-likeness (QED) is 0.306. The number of pyridine rings is 1. The fourth-order valence-corrected chi connectivity index (χ4v) is 3.29. The van der Waals surface area contributed by atoms with Crippen LogP contribution in [0.15, 0.2) is 23.3 Å². The Kier molecular flexibility index (Phi) is 12.4. The van der Waals surface area contributed by atoms with Crippen molar-refractivity contribution >= 4 is 29.9 Å². The van der Waals surface area contributed by atoms with Crippen molar-refractivity contribution in [2.24, 2.45) is 10.9 Å². The zero-order valence-corrected chi connectivity index (χ0v) is 19.9. The Morgan fingerprint density at radius 1 is 1.32 bits per heavy atom. The van der Waals surface area contributed by atoms with Crippen molar-refractivity contribution in [3.05, 3.63) is 23.9 Å². The summed E-state index contributed by atoms with van der Waals surface area (Å²) in [4.78, 5) is 11.2. The van der Waals surface area contributed by atoms with Gasteiger partial charge in [-0.2, -0.15) is 0 Å². The molecule has 8 heteroatoms. The predicted molar refractivity (Wildman–Crippen MR) is 125 cm³/mol. The number of hydrogen-bond donors (Lipinski definition) is 2. The topological polar surface area (TPSA) is 71.0 Å². The number of aromatic nitrogens is 1. The Balaban J connectivity index is 0.00000392. The second-order valence-electron chi connectivity index (χ2n) is 7.14. The van der Waals surface area contributed by atoms with Gasteiger partial charge < -0.3 is 20.1 Å². The van der Waals surface area contributed by atoms with Gasteiger partial charge in [0.15, 0.2) is 5.96 Å². The third kappa shape index (κ3) is 8.48. The summed E-state index contributed by atoms with van der Waals surface area (Å²) in [6.07, 6.45) is 2.90. The minimum Gasteiger partial charge on any atom is -0.478 e. The van der Waals surface area contributed by atoms with E-state index in [0.29, 0.717) is 31.0 Å². The van der Waals surface area contributed by atoms with Crippen LogP contribution in [0.4, 0.5) is 0 Å². The molecule has 1 unspecified atom stereocenters. The van der Waals surface area contributed by atoms with Crippen molar-refractivity contribution in [3.8, 4) is 5.88 Å². The number of halogens is 1. The highest BCUT2D eigenvalue weighted by Crippen LogP contribution is 2.14. The highest BCUT2D eigenvalue weighted by molar-refractivity contribution is 14.0. The van der Waals surface area contributed by atoms with E-state index in [1.807, 2.05) is 19.1 Å². The molecule has 1 atom stereocenters. The summed E-state index contributed by atoms with van der Waals surface area (Å²) >= 11 is 0. The highest BCUT2D eigenvalue weighted by atomic mass is 127. The standard InChI is InChI=1S/C20H35N5O2.HI/c1-5-27-19-17(7-6-8-22-19)14-23-20(21-4)24-15-18(13-16(2)3)25-9-11-26-12-10-25;/h6-8,16,18H,5,9-15H2,1-4H3,(H2,21,23,24);1H. The first kappa shape index (κ1) is 24.9. The maximum atomic E-state index is 5.59. The van der Waals surface area contributed by atoms with E-state index in [-0.39, 0.29) is 24.0 Å². The second kappa shape index (κ2) is 13.9. The average molecular weight is 505 g/mol. The molecule has 2 rings (SSSR count). The van der Waals surface area contributed by atoms with Crippen LogP contribution in [-0.2, 0) is 11.3 Å². The van der Waals surface area contributed by atoms with Crippen LogP contribution in [0.3, 0.4) is 0 Å². The summed E-state index contributed by atoms with van der Waals surface area (Å²) < 4.78 is 11.1. The smallest absolute Gasteiger partial charge is 0.218 e. The highest BCUT2D eigenvalue weighted by Gasteiger charge is 2.22. The molecule has 0 amide bonds. The maximum Gasteiger partial charge on any atom is 0.218 e. The van der Waals surface area contributed by atoms with Crippen molar-refractivity contribution in [3.63, 3.8) is 0 Å². The van der Waals surface area contributed by atoms with Crippen molar-refractivity contribution in [1.29, 1.82) is 0 Å². The van der Waals surface area contributed by atoms with E-state index >= 15 is 0 Å². The molecule has 0 spiro atoms. The molecule has 0 radical (unpaired) electrons. The Morgan fingerprint density at radius 3 is 2.71 bits per heavy atom. The van der Waals surface area contributed by atoms with Gasteiger partial charge in [-0.05, 0) is 25.3 Å². The maximum absolute atomic E-state index is 5.59. The van der Waals surface area contributed by atoms with Gasteiger partial charge in [-0.3, -0.25) is 9.89 Å². The Labute approximate surface area is 186 Å². The van der Waals surface area contributed by atoms with E-state index in [4.69, 9.17) is 9.47 Å². The van der Waals surface area contributed by atoms with Gasteiger partial charge in [-0.25, -0.2) is 4.98 Å². The molecule has 1 aromatic rings. The lowest BCUT2D eigenvalue weighted by molar-refractivity contribution is 0.0132. The molecule has 2 N–H and O–H groups in total. The first-order valence-corrected chi connectivity index (χ1v) is 9.97. The van der Waals surface area contributed by atoms with E-state index in [9.17, 15) is 0 Å². The molecule has 1 aliphatic heterocycles. The molecule has 28 heavy (non-hydrogen) atoms. The molecule has 0 aromatic carbocycles. The van der Waals surface area contributed by atoms with Crippen molar-refractivity contribution < 1.29 is 9.47 Å². The predicted octanol–water partition coefficient (Wildman–Crippen LogP) is 2.51. The van der Waals surface area contributed by atoms with Crippen molar-refractivity contribution in [2.75, 3.05) is 46.5 Å². The first-order valence-electron chi connectivity index (χ1n) is 9.97. The molecule has 7 nitrogen and oxygen atoms in total. The molecule has 0 aliphatic carbocycles. The third-order valence-corrected chi connectivity index (χ3v) is 4.61. The number of ether oxygens (including phenoxy) is 2. The molecule has 0 bridgehead atoms. The molecule has 2 heterocycles. The van der Waals surface area contributed by atoms with E-state index in [1.165, 1.54) is 0 Å². The Hall–Kier alpha value is -1.13. The average Bonchev–Trinajstić information content (AvgIpc) is 2.69. The molecule has 0 saturated carbocycles. The Morgan fingerprint density at radius 2 is 2.07 bits per heavy atom. The molecule has 1 aromatic heterocycles. The minimum absolute atomic E-state index is 0. The summed E-state index contributed by atoms with van der Waals surface area (Å²) in [6.45, 7) is 12.2. The number of nitrogens with zero attached hydrogens (tertiary/aromatic N) is 3. The zero-order valence-electron chi connectivity index (χ0n) is 17.6. The first-order chi connectivity index (χ1) is 13.1. The second-order valence-corrected chi connectivity index (χ2v) is 7.14. The van der Waals surface area contributed by atoms with Gasteiger partial charge in [-0.15, -0.1) is 24.0 Å². The van der Waals surface area contributed by atoms with E-state index in [2.05, 4.69) is 39.4 Å². The molecular weight excluding hydrogens is 469 g/mol. The van der Waals surface area contributed by atoms with Crippen LogP contribution in [0.5, 0.6) is 5.88 Å². The van der Waals surface area contributed by atoms with Gasteiger partial charge in [-0.1, -0.05) is 19.9 Å². The van der Waals surface area contributed by atoms with Gasteiger partial charge in [0.1, 0.15) is 0 Å². The van der Waals surface area contributed by atoms with Crippen LogP contribution >= 0.6 is 24.0 Å². The lowest BCUT2D eigenvalue weighted by atomic mass is 10.0. The number of rotatable bonds is 9. The lowest BCUT2D eigenvalue weighted by Crippen LogP contribution is -2.51. The van der Waals surface area contributed by atoms with E-state index in [1.54, 1.807) is 13.2 Å². The van der Waals surface area contributed by atoms with Gasteiger partial charge in [0.05, 0.1) is 19.8 Å². The summed E-state index contributed by atoms with van der Waals surface area (Å²) in [5, 5.41) is 6.86. The number of nitrogens with one attached hydrogen (secondary N) is 2. The molecule has 1 fully saturated rings. The van der Waals surface area contributed by atoms with Crippen molar-refractivity contribution in [1.82, 2.24) is 20.5 Å². The number of hydrogen-bond acceptors (Lipinski definition) is 5. The minimum atomic E-state index is 0. The summed E-state index contributed by atoms with van der Waals surface area (Å²) in [5.41, 5.74) is 1.02. The lowest BCUT2D eigenvalue weighted by Gasteiger charge is -2.35. The third-order valence-electron chi connectivity index (χ3n) is 4.61. The van der Waals surface area contributed by atoms with Gasteiger partial charge >= 0.3 is 0 Å². The van der Waals surface area contributed by atoms with E-state index in [0.717, 1.165) is 50.8 Å². The number of guanidine groups is 1. The summed E-state index contributed by atoms with van der Waals surface area (Å²) in [6, 6.07) is 4.42. The molecule has 1 aliphatic rings. The van der Waals surface area contributed by atoms with Crippen LogP contribution in [0, 0.1) is 5.92 Å². The summed E-state index contributed by atoms with van der Waals surface area (Å²) in [7, 11) is 1.80. The van der Waals surface area contributed by atoms with Gasteiger partial charge in [0.2, 0.25) is 5.88 Å². The van der Waals surface area contributed by atoms with Gasteiger partial charge in [0, 0.05) is 51.0 Å². The SMILES string of the molecule is CCOc1ncccc1CNC(=NC)NCC(CC(C)C)N1CCOCC1.I. The van der Waals surface area contributed by atoms with Crippen LogP contribution in [0.2, 0.25) is 0 Å². The zero-order chi connectivity index (χ0) is 19.5. The van der Waals surface area contributed by atoms with Crippen LogP contribution < -0.4 is 15.4 Å². The van der Waals surface area contributed by atoms with Crippen molar-refractivity contribution in [2.45, 2.75) is 39.8 Å². The van der Waals surface area contributed by atoms with Crippen LogP contribution in [0.1, 0.15) is 32.8 Å². The number of morpholine rings is 1. The van der Waals surface area contributed by atoms with E-state index < -0.39 is 0 Å². The van der Waals surface area contributed by atoms with Crippen LogP contribution in [-0.4, -0.2) is 68.4 Å². The normalized spacial score (nSPS) is 16.4. The fourth-order valence-electron chi connectivity index (χ4n) is 3.29. The largest absolute Gasteiger partial charge is 0.478 e. The summed E-state index contributed by atoms with van der Waals surface area (Å²) in [5.74, 6) is 2.12. The van der Waals surface area contributed by atoms with Gasteiger partial charge in [0.25, 0.3) is 0 Å². The van der Waals surface area contributed by atoms with Crippen LogP contribution in [0.25, 0.3) is 0 Å².